The van der Waals surface area contributed by atoms with Gasteiger partial charge in [0.05, 0.1) is 20.3 Å². The van der Waals surface area contributed by atoms with Crippen molar-refractivity contribution in [1.29, 1.82) is 0 Å². The molecule has 0 bridgehead atoms. The number of hydrogen-bond acceptors (Lipinski definition) is 4. The van der Waals surface area contributed by atoms with E-state index in [1.165, 1.54) is 5.56 Å². The molecule has 0 aromatic heterocycles. The molecule has 1 unspecified atom stereocenters. The summed E-state index contributed by atoms with van der Waals surface area (Å²) in [5.74, 6) is 1.40. The lowest BCUT2D eigenvalue weighted by atomic mass is 9.95. The summed E-state index contributed by atoms with van der Waals surface area (Å²) in [5.41, 5.74) is 7.11. The van der Waals surface area contributed by atoms with Gasteiger partial charge in [-0.1, -0.05) is 12.1 Å². The van der Waals surface area contributed by atoms with Gasteiger partial charge in [0.1, 0.15) is 5.75 Å². The first-order valence-electron chi connectivity index (χ1n) is 6.97. The Morgan fingerprint density at radius 1 is 1.26 bits per heavy atom. The van der Waals surface area contributed by atoms with Crippen molar-refractivity contribution in [2.45, 2.75) is 12.3 Å². The molecule has 1 aliphatic rings. The first-order valence-corrected chi connectivity index (χ1v) is 6.97. The number of nitrogens with zero attached hydrogens (tertiary/aromatic N) is 1. The SMILES string of the molecule is COc1ccc(C(CCN)CN2CCOCC2)cc1. The predicted molar refractivity (Wildman–Crippen MR) is 76.7 cm³/mol. The van der Waals surface area contributed by atoms with E-state index in [0.717, 1.165) is 51.6 Å². The smallest absolute Gasteiger partial charge is 0.118 e. The highest BCUT2D eigenvalue weighted by molar-refractivity contribution is 5.29. The van der Waals surface area contributed by atoms with E-state index in [9.17, 15) is 0 Å². The van der Waals surface area contributed by atoms with Crippen LogP contribution in [0.25, 0.3) is 0 Å². The number of ether oxygens (including phenoxy) is 2. The van der Waals surface area contributed by atoms with Crippen molar-refractivity contribution in [2.24, 2.45) is 5.73 Å². The van der Waals surface area contributed by atoms with Gasteiger partial charge in [0, 0.05) is 19.6 Å². The molecule has 1 heterocycles. The number of hydrogen-bond donors (Lipinski definition) is 1. The lowest BCUT2D eigenvalue weighted by molar-refractivity contribution is 0.0347. The third kappa shape index (κ3) is 4.20. The Morgan fingerprint density at radius 3 is 2.53 bits per heavy atom. The van der Waals surface area contributed by atoms with Crippen LogP contribution in [0, 0.1) is 0 Å². The second kappa shape index (κ2) is 7.48. The van der Waals surface area contributed by atoms with Crippen LogP contribution in [0.5, 0.6) is 5.75 Å². The van der Waals surface area contributed by atoms with Gasteiger partial charge in [0.2, 0.25) is 0 Å². The van der Waals surface area contributed by atoms with Crippen molar-refractivity contribution < 1.29 is 9.47 Å². The maximum Gasteiger partial charge on any atom is 0.118 e. The molecule has 4 heteroatoms. The van der Waals surface area contributed by atoms with E-state index < -0.39 is 0 Å². The minimum Gasteiger partial charge on any atom is -0.497 e. The molecular weight excluding hydrogens is 240 g/mol. The van der Waals surface area contributed by atoms with Crippen molar-refractivity contribution in [3.05, 3.63) is 29.8 Å². The van der Waals surface area contributed by atoms with Crippen LogP contribution in [0.4, 0.5) is 0 Å². The average Bonchev–Trinajstić information content (AvgIpc) is 2.48. The Kier molecular flexibility index (Phi) is 5.63. The molecular formula is C15H24N2O2. The molecule has 1 aliphatic heterocycles. The third-order valence-electron chi connectivity index (χ3n) is 3.68. The summed E-state index contributed by atoms with van der Waals surface area (Å²) >= 11 is 0. The Labute approximate surface area is 115 Å². The topological polar surface area (TPSA) is 47.7 Å². The van der Waals surface area contributed by atoms with Gasteiger partial charge in [-0.15, -0.1) is 0 Å². The summed E-state index contributed by atoms with van der Waals surface area (Å²) in [5, 5.41) is 0. The van der Waals surface area contributed by atoms with Gasteiger partial charge in [0.25, 0.3) is 0 Å². The highest BCUT2D eigenvalue weighted by Crippen LogP contribution is 2.23. The number of morpholine rings is 1. The molecule has 2 N–H and O–H groups in total. The van der Waals surface area contributed by atoms with E-state index >= 15 is 0 Å². The maximum absolute atomic E-state index is 5.76. The van der Waals surface area contributed by atoms with Crippen LogP contribution in [0.3, 0.4) is 0 Å². The standard InChI is InChI=1S/C15H24N2O2/c1-18-15-4-2-13(3-5-15)14(6-7-16)12-17-8-10-19-11-9-17/h2-5,14H,6-12,16H2,1H3. The molecule has 1 saturated heterocycles. The zero-order chi connectivity index (χ0) is 13.5. The average molecular weight is 264 g/mol. The van der Waals surface area contributed by atoms with Crippen molar-refractivity contribution in [2.75, 3.05) is 46.5 Å². The molecule has 0 amide bonds. The lowest BCUT2D eigenvalue weighted by Crippen LogP contribution is -2.39. The van der Waals surface area contributed by atoms with Crippen LogP contribution in [0.2, 0.25) is 0 Å². The molecule has 1 aromatic carbocycles. The molecule has 2 rings (SSSR count). The van der Waals surface area contributed by atoms with E-state index in [4.69, 9.17) is 15.2 Å². The molecule has 19 heavy (non-hydrogen) atoms. The summed E-state index contributed by atoms with van der Waals surface area (Å²) < 4.78 is 10.6. The van der Waals surface area contributed by atoms with Crippen LogP contribution >= 0.6 is 0 Å². The summed E-state index contributed by atoms with van der Waals surface area (Å²) in [6, 6.07) is 8.36. The molecule has 0 spiro atoms. The quantitative estimate of drug-likeness (QED) is 0.845. The van der Waals surface area contributed by atoms with E-state index in [0.29, 0.717) is 5.92 Å². The second-order valence-corrected chi connectivity index (χ2v) is 4.96. The molecule has 1 fully saturated rings. The normalized spacial score (nSPS) is 18.2. The van der Waals surface area contributed by atoms with E-state index in [1.807, 2.05) is 12.1 Å². The van der Waals surface area contributed by atoms with Gasteiger partial charge in [-0.25, -0.2) is 0 Å². The summed E-state index contributed by atoms with van der Waals surface area (Å²) in [6.07, 6.45) is 1.02. The van der Waals surface area contributed by atoms with Crippen LogP contribution in [0.15, 0.2) is 24.3 Å². The van der Waals surface area contributed by atoms with Crippen LogP contribution in [-0.2, 0) is 4.74 Å². The van der Waals surface area contributed by atoms with Crippen LogP contribution in [0.1, 0.15) is 17.9 Å². The Balaban J connectivity index is 2.00. The fraction of sp³-hybridized carbons (Fsp3) is 0.600. The first kappa shape index (κ1) is 14.3. The zero-order valence-corrected chi connectivity index (χ0v) is 11.7. The van der Waals surface area contributed by atoms with Crippen molar-refractivity contribution in [1.82, 2.24) is 4.90 Å². The highest BCUT2D eigenvalue weighted by Gasteiger charge is 2.17. The first-order chi connectivity index (χ1) is 9.33. The minimum atomic E-state index is 0.494. The number of benzene rings is 1. The molecule has 1 aromatic rings. The van der Waals surface area contributed by atoms with E-state index in [2.05, 4.69) is 17.0 Å². The van der Waals surface area contributed by atoms with Crippen molar-refractivity contribution in [3.8, 4) is 5.75 Å². The fourth-order valence-electron chi connectivity index (χ4n) is 2.54. The van der Waals surface area contributed by atoms with Gasteiger partial charge in [0.15, 0.2) is 0 Å². The minimum absolute atomic E-state index is 0.494. The largest absolute Gasteiger partial charge is 0.497 e. The summed E-state index contributed by atoms with van der Waals surface area (Å²) in [4.78, 5) is 2.47. The van der Waals surface area contributed by atoms with Gasteiger partial charge >= 0.3 is 0 Å². The van der Waals surface area contributed by atoms with Crippen LogP contribution < -0.4 is 10.5 Å². The van der Waals surface area contributed by atoms with Gasteiger partial charge in [-0.05, 0) is 36.6 Å². The predicted octanol–water partition coefficient (Wildman–Crippen LogP) is 1.46. The van der Waals surface area contributed by atoms with Gasteiger partial charge < -0.3 is 15.2 Å². The molecule has 106 valence electrons. The molecule has 0 saturated carbocycles. The van der Waals surface area contributed by atoms with E-state index in [-0.39, 0.29) is 0 Å². The second-order valence-electron chi connectivity index (χ2n) is 4.96. The monoisotopic (exact) mass is 264 g/mol. The molecule has 0 radical (unpaired) electrons. The molecule has 4 nitrogen and oxygen atoms in total. The number of rotatable bonds is 6. The number of methoxy groups -OCH3 is 1. The Hall–Kier alpha value is -1.10. The highest BCUT2D eigenvalue weighted by atomic mass is 16.5. The maximum atomic E-state index is 5.76. The zero-order valence-electron chi connectivity index (χ0n) is 11.7. The van der Waals surface area contributed by atoms with Crippen LogP contribution in [-0.4, -0.2) is 51.4 Å². The third-order valence-corrected chi connectivity index (χ3v) is 3.68. The van der Waals surface area contributed by atoms with Crippen molar-refractivity contribution in [3.63, 3.8) is 0 Å². The van der Waals surface area contributed by atoms with E-state index in [1.54, 1.807) is 7.11 Å². The summed E-state index contributed by atoms with van der Waals surface area (Å²) in [6.45, 7) is 5.53. The fourth-order valence-corrected chi connectivity index (χ4v) is 2.54. The lowest BCUT2D eigenvalue weighted by Gasteiger charge is -2.30. The summed E-state index contributed by atoms with van der Waals surface area (Å²) in [7, 11) is 1.69. The van der Waals surface area contributed by atoms with Crippen molar-refractivity contribution >= 4 is 0 Å². The Morgan fingerprint density at radius 2 is 1.95 bits per heavy atom. The Bertz CT molecular complexity index is 361. The molecule has 0 aliphatic carbocycles. The molecule has 1 atom stereocenters. The van der Waals surface area contributed by atoms with Gasteiger partial charge in [-0.3, -0.25) is 4.90 Å². The number of nitrogens with two attached hydrogens (primary N) is 1. The van der Waals surface area contributed by atoms with Gasteiger partial charge in [-0.2, -0.15) is 0 Å².